The number of hydrogen-bond donors (Lipinski definition) is 0. The Kier molecular flexibility index (Phi) is 5.85. The zero-order valence-corrected chi connectivity index (χ0v) is 16.7. The number of aromatic nitrogens is 2. The Morgan fingerprint density at radius 3 is 2.82 bits per heavy atom. The third-order valence-corrected chi connectivity index (χ3v) is 4.95. The highest BCUT2D eigenvalue weighted by Crippen LogP contribution is 2.27. The van der Waals surface area contributed by atoms with Crippen LogP contribution in [0, 0.1) is 11.6 Å². The maximum absolute atomic E-state index is 14.7. The minimum atomic E-state index is -1.11. The molecule has 0 aliphatic carbocycles. The molecule has 3 aromatic rings. The quantitative estimate of drug-likeness (QED) is 0.461. The van der Waals surface area contributed by atoms with Crippen molar-refractivity contribution < 1.29 is 18.3 Å². The minimum absolute atomic E-state index is 0.0746. The monoisotopic (exact) mass is 424 g/mol. The van der Waals surface area contributed by atoms with Crippen LogP contribution in [0.25, 0.3) is 10.3 Å². The second kappa shape index (κ2) is 8.15. The van der Waals surface area contributed by atoms with E-state index in [1.807, 2.05) is 0 Å². The summed E-state index contributed by atoms with van der Waals surface area (Å²) in [4.78, 5) is 26.6. The minimum Gasteiger partial charge on any atom is -0.483 e. The van der Waals surface area contributed by atoms with Crippen LogP contribution in [0.5, 0.6) is 5.75 Å². The van der Waals surface area contributed by atoms with Crippen molar-refractivity contribution in [2.24, 2.45) is 4.99 Å². The molecule has 3 rings (SSSR count). The zero-order valence-electron chi connectivity index (χ0n) is 15.2. The molecular formula is C18H15ClF2N4O2S. The molecular weight excluding hydrogens is 410 g/mol. The largest absolute Gasteiger partial charge is 0.483 e. The van der Waals surface area contributed by atoms with Crippen molar-refractivity contribution in [1.82, 2.24) is 14.9 Å². The molecule has 0 radical (unpaired) electrons. The van der Waals surface area contributed by atoms with Crippen molar-refractivity contribution in [1.29, 1.82) is 0 Å². The Labute approximate surface area is 168 Å². The molecule has 0 atom stereocenters. The van der Waals surface area contributed by atoms with Crippen LogP contribution in [0.15, 0.2) is 29.4 Å². The Morgan fingerprint density at radius 1 is 1.36 bits per heavy atom. The van der Waals surface area contributed by atoms with Gasteiger partial charge in [0.15, 0.2) is 11.6 Å². The number of fused-ring (bicyclic) bond motifs is 1. The topological polar surface area (TPSA) is 67.7 Å². The number of benzene rings is 1. The lowest BCUT2D eigenvalue weighted by Gasteiger charge is -2.11. The molecule has 146 valence electrons. The summed E-state index contributed by atoms with van der Waals surface area (Å²) >= 11 is 7.14. The van der Waals surface area contributed by atoms with E-state index in [1.165, 1.54) is 17.5 Å². The van der Waals surface area contributed by atoms with Gasteiger partial charge in [-0.2, -0.15) is 4.99 Å². The number of hydrogen-bond acceptors (Lipinski definition) is 5. The lowest BCUT2D eigenvalue weighted by atomic mass is 10.1. The summed E-state index contributed by atoms with van der Waals surface area (Å²) in [6, 6.07) is 3.74. The second-order valence-corrected chi connectivity index (χ2v) is 7.47. The van der Waals surface area contributed by atoms with Gasteiger partial charge >= 0.3 is 0 Å². The summed E-state index contributed by atoms with van der Waals surface area (Å²) in [7, 11) is 3.33. The highest BCUT2D eigenvalue weighted by atomic mass is 35.5. The van der Waals surface area contributed by atoms with Gasteiger partial charge in [-0.1, -0.05) is 22.9 Å². The van der Waals surface area contributed by atoms with Crippen molar-refractivity contribution in [2.75, 3.05) is 14.1 Å². The van der Waals surface area contributed by atoms with Gasteiger partial charge in [0.05, 0.1) is 5.02 Å². The lowest BCUT2D eigenvalue weighted by Crippen LogP contribution is -2.20. The van der Waals surface area contributed by atoms with E-state index >= 15 is 0 Å². The van der Waals surface area contributed by atoms with Crippen LogP contribution in [0.4, 0.5) is 8.78 Å². The van der Waals surface area contributed by atoms with E-state index in [1.54, 1.807) is 32.0 Å². The van der Waals surface area contributed by atoms with Crippen LogP contribution in [0.1, 0.15) is 22.3 Å². The average Bonchev–Trinajstić information content (AvgIpc) is 3.02. The number of carbonyl (C=O) groups excluding carboxylic acids is 1. The maximum Gasteiger partial charge on any atom is 0.284 e. The van der Waals surface area contributed by atoms with Crippen molar-refractivity contribution in [2.45, 2.75) is 13.5 Å². The Bertz CT molecular complexity index is 1080. The molecule has 1 amide bonds. The van der Waals surface area contributed by atoms with Crippen LogP contribution < -0.4 is 4.74 Å². The van der Waals surface area contributed by atoms with Gasteiger partial charge in [-0.25, -0.2) is 18.7 Å². The Morgan fingerprint density at radius 2 is 2.11 bits per heavy atom. The number of amides is 1. The van der Waals surface area contributed by atoms with E-state index in [4.69, 9.17) is 16.3 Å². The van der Waals surface area contributed by atoms with Gasteiger partial charge in [-0.3, -0.25) is 4.79 Å². The SMILES string of the molecule is C/C(=N\C(=O)c1c(F)ccc(OCc2nc3cc(Cl)cnc3s2)c1F)N(C)C. The van der Waals surface area contributed by atoms with E-state index in [2.05, 4.69) is 15.0 Å². The molecule has 2 aromatic heterocycles. The molecule has 6 nitrogen and oxygen atoms in total. The number of carbonyl (C=O) groups is 1. The van der Waals surface area contributed by atoms with Gasteiger partial charge in [0.1, 0.15) is 39.2 Å². The van der Waals surface area contributed by atoms with Crippen LogP contribution in [0.2, 0.25) is 5.02 Å². The molecule has 28 heavy (non-hydrogen) atoms. The number of rotatable bonds is 4. The molecule has 10 heteroatoms. The molecule has 0 spiro atoms. The predicted molar refractivity (Wildman–Crippen MR) is 104 cm³/mol. The van der Waals surface area contributed by atoms with Crippen molar-refractivity contribution in [3.63, 3.8) is 0 Å². The summed E-state index contributed by atoms with van der Waals surface area (Å²) in [5.74, 6) is -3.10. The van der Waals surface area contributed by atoms with E-state index < -0.39 is 23.1 Å². The van der Waals surface area contributed by atoms with Gasteiger partial charge in [-0.15, -0.1) is 0 Å². The fourth-order valence-corrected chi connectivity index (χ4v) is 3.14. The Balaban J connectivity index is 1.84. The first kappa shape index (κ1) is 20.1. The molecule has 0 aliphatic rings. The highest BCUT2D eigenvalue weighted by Gasteiger charge is 2.22. The third-order valence-electron chi connectivity index (χ3n) is 3.79. The fourth-order valence-electron chi connectivity index (χ4n) is 2.19. The summed E-state index contributed by atoms with van der Waals surface area (Å²) in [5, 5.41) is 0.981. The number of halogens is 3. The van der Waals surface area contributed by atoms with E-state index in [0.29, 0.717) is 26.2 Å². The normalized spacial score (nSPS) is 11.7. The first-order chi connectivity index (χ1) is 13.3. The molecule has 1 aromatic carbocycles. The van der Waals surface area contributed by atoms with Crippen molar-refractivity contribution >= 4 is 45.0 Å². The second-order valence-electron chi connectivity index (χ2n) is 5.97. The van der Waals surface area contributed by atoms with Crippen LogP contribution in [0.3, 0.4) is 0 Å². The van der Waals surface area contributed by atoms with Crippen molar-refractivity contribution in [3.8, 4) is 5.75 Å². The summed E-state index contributed by atoms with van der Waals surface area (Å²) in [5.41, 5.74) is -0.170. The molecule has 0 bridgehead atoms. The van der Waals surface area contributed by atoms with Gasteiger partial charge < -0.3 is 9.64 Å². The molecule has 0 N–H and O–H groups in total. The lowest BCUT2D eigenvalue weighted by molar-refractivity contribution is 0.0992. The predicted octanol–water partition coefficient (Wildman–Crippen LogP) is 4.32. The maximum atomic E-state index is 14.7. The van der Waals surface area contributed by atoms with E-state index in [-0.39, 0.29) is 12.4 Å². The number of pyridine rings is 1. The first-order valence-electron chi connectivity index (χ1n) is 8.05. The molecule has 2 heterocycles. The van der Waals surface area contributed by atoms with Crippen molar-refractivity contribution in [3.05, 3.63) is 51.6 Å². The number of aliphatic imine (C=N–C) groups is 1. The third kappa shape index (κ3) is 4.26. The standard InChI is InChI=1S/C18H15ClF2N4O2S/c1-9(25(2)3)23-17(26)15-11(20)4-5-13(16(15)21)27-8-14-24-12-6-10(19)7-22-18(12)28-14/h4-7H,8H2,1-3H3/b23-9+. The fraction of sp³-hybridized carbons (Fsp3) is 0.222. The molecule has 0 saturated heterocycles. The van der Waals surface area contributed by atoms with Gasteiger partial charge in [0.25, 0.3) is 5.91 Å². The van der Waals surface area contributed by atoms with E-state index in [9.17, 15) is 13.6 Å². The van der Waals surface area contributed by atoms with Crippen LogP contribution in [-0.2, 0) is 6.61 Å². The molecule has 0 unspecified atom stereocenters. The van der Waals surface area contributed by atoms with Crippen LogP contribution >= 0.6 is 22.9 Å². The summed E-state index contributed by atoms with van der Waals surface area (Å²) in [6.07, 6.45) is 1.50. The number of nitrogens with zero attached hydrogens (tertiary/aromatic N) is 4. The van der Waals surface area contributed by atoms with Gasteiger partial charge in [0, 0.05) is 20.3 Å². The average molecular weight is 425 g/mol. The Hall–Kier alpha value is -2.65. The smallest absolute Gasteiger partial charge is 0.284 e. The highest BCUT2D eigenvalue weighted by molar-refractivity contribution is 7.18. The summed E-state index contributed by atoms with van der Waals surface area (Å²) < 4.78 is 34.1. The molecule has 0 aliphatic heterocycles. The van der Waals surface area contributed by atoms with E-state index in [0.717, 1.165) is 12.1 Å². The zero-order chi connectivity index (χ0) is 20.4. The van der Waals surface area contributed by atoms with Crippen LogP contribution in [-0.4, -0.2) is 40.7 Å². The number of thiazole rings is 1. The summed E-state index contributed by atoms with van der Waals surface area (Å²) in [6.45, 7) is 1.48. The molecule has 0 saturated carbocycles. The van der Waals surface area contributed by atoms with Gasteiger partial charge in [-0.05, 0) is 25.1 Å². The molecule has 0 fully saturated rings. The van der Waals surface area contributed by atoms with Gasteiger partial charge in [0.2, 0.25) is 0 Å². The number of ether oxygens (including phenoxy) is 1. The first-order valence-corrected chi connectivity index (χ1v) is 9.24. The number of amidine groups is 1.